The number of carboxylic acid groups (broad SMARTS) is 1. The molecule has 1 heterocycles. The van der Waals surface area contributed by atoms with Crippen LogP contribution in [0.1, 0.15) is 29.8 Å². The number of carboxylic acids is 1. The van der Waals surface area contributed by atoms with E-state index in [2.05, 4.69) is 10.4 Å². The Morgan fingerprint density at radius 1 is 1.40 bits per heavy atom. The fraction of sp³-hybridized carbons (Fsp3) is 0.333. The zero-order valence-corrected chi connectivity index (χ0v) is 11.9. The van der Waals surface area contributed by atoms with Crippen molar-refractivity contribution in [2.45, 2.75) is 26.3 Å². The molecule has 0 saturated heterocycles. The number of benzene rings is 1. The molecule has 2 rings (SSSR count). The molecule has 0 amide bonds. The van der Waals surface area contributed by atoms with E-state index in [1.54, 1.807) is 17.9 Å². The highest BCUT2D eigenvalue weighted by Crippen LogP contribution is 2.23. The number of carbonyl (C=O) groups is 1. The van der Waals surface area contributed by atoms with E-state index in [1.165, 1.54) is 0 Å². The molecule has 1 atom stereocenters. The van der Waals surface area contributed by atoms with Crippen molar-refractivity contribution in [1.29, 1.82) is 0 Å². The molecule has 0 aliphatic carbocycles. The van der Waals surface area contributed by atoms with Crippen molar-refractivity contribution in [1.82, 2.24) is 9.78 Å². The normalized spacial score (nSPS) is 12.2. The van der Waals surface area contributed by atoms with Crippen LogP contribution in [0.3, 0.4) is 0 Å². The van der Waals surface area contributed by atoms with Gasteiger partial charge < -0.3 is 10.4 Å². The monoisotopic (exact) mass is 273 g/mol. The predicted molar refractivity (Wildman–Crippen MR) is 77.8 cm³/mol. The zero-order chi connectivity index (χ0) is 14.7. The summed E-state index contributed by atoms with van der Waals surface area (Å²) in [6.07, 6.45) is 2.47. The number of aliphatic carboxylic acids is 1. The summed E-state index contributed by atoms with van der Waals surface area (Å²) < 4.78 is 1.65. The van der Waals surface area contributed by atoms with Crippen LogP contribution in [0.5, 0.6) is 0 Å². The minimum atomic E-state index is -0.909. The molecule has 20 heavy (non-hydrogen) atoms. The molecular formula is C15H19N3O2. The summed E-state index contributed by atoms with van der Waals surface area (Å²) in [5.74, 6) is -0.909. The number of hydrogen-bond acceptors (Lipinski definition) is 3. The second kappa shape index (κ2) is 5.77. The van der Waals surface area contributed by atoms with E-state index in [9.17, 15) is 9.90 Å². The van der Waals surface area contributed by atoms with Gasteiger partial charge in [-0.25, -0.2) is 4.79 Å². The number of aromatic nitrogens is 2. The molecule has 0 aliphatic heterocycles. The molecule has 0 saturated carbocycles. The van der Waals surface area contributed by atoms with Crippen LogP contribution in [0, 0.1) is 6.92 Å². The Bertz CT molecular complexity index is 602. The Morgan fingerprint density at radius 3 is 2.60 bits per heavy atom. The van der Waals surface area contributed by atoms with Crippen molar-refractivity contribution in [2.24, 2.45) is 7.05 Å². The van der Waals surface area contributed by atoms with E-state index < -0.39 is 12.0 Å². The van der Waals surface area contributed by atoms with Crippen LogP contribution in [0.15, 0.2) is 30.5 Å². The number of aryl methyl sites for hydroxylation is 3. The van der Waals surface area contributed by atoms with Gasteiger partial charge in [-0.05, 0) is 25.5 Å². The average Bonchev–Trinajstić information content (AvgIpc) is 2.78. The quantitative estimate of drug-likeness (QED) is 0.878. The first kappa shape index (κ1) is 14.1. The van der Waals surface area contributed by atoms with Crippen LogP contribution >= 0.6 is 0 Å². The predicted octanol–water partition coefficient (Wildman–Crippen LogP) is 2.53. The lowest BCUT2D eigenvalue weighted by Gasteiger charge is -2.15. The van der Waals surface area contributed by atoms with Gasteiger partial charge in [-0.15, -0.1) is 0 Å². The lowest BCUT2D eigenvalue weighted by molar-refractivity contribution is -0.138. The van der Waals surface area contributed by atoms with E-state index in [1.807, 2.05) is 38.1 Å². The largest absolute Gasteiger partial charge is 0.479 e. The molecule has 5 heteroatoms. The van der Waals surface area contributed by atoms with Gasteiger partial charge in [0.15, 0.2) is 6.04 Å². The summed E-state index contributed by atoms with van der Waals surface area (Å²) in [4.78, 5) is 11.5. The summed E-state index contributed by atoms with van der Waals surface area (Å²) in [5.41, 5.74) is 3.44. The van der Waals surface area contributed by atoms with Crippen LogP contribution in [-0.2, 0) is 18.3 Å². The van der Waals surface area contributed by atoms with Crippen molar-refractivity contribution < 1.29 is 9.90 Å². The van der Waals surface area contributed by atoms with Crippen LogP contribution in [0.2, 0.25) is 0 Å². The molecule has 0 fully saturated rings. The maximum Gasteiger partial charge on any atom is 0.330 e. The van der Waals surface area contributed by atoms with Gasteiger partial charge >= 0.3 is 5.97 Å². The lowest BCUT2D eigenvalue weighted by atomic mass is 10.1. The van der Waals surface area contributed by atoms with Crippen LogP contribution < -0.4 is 5.32 Å². The zero-order valence-electron chi connectivity index (χ0n) is 11.9. The van der Waals surface area contributed by atoms with Crippen molar-refractivity contribution in [3.05, 3.63) is 47.3 Å². The van der Waals surface area contributed by atoms with Gasteiger partial charge in [0.25, 0.3) is 0 Å². The third kappa shape index (κ3) is 2.99. The van der Waals surface area contributed by atoms with Gasteiger partial charge in [-0.2, -0.15) is 5.10 Å². The van der Waals surface area contributed by atoms with Crippen molar-refractivity contribution >= 4 is 11.7 Å². The van der Waals surface area contributed by atoms with E-state index in [0.29, 0.717) is 12.0 Å². The molecule has 0 aliphatic rings. The molecule has 1 aromatic heterocycles. The number of hydrogen-bond donors (Lipinski definition) is 2. The van der Waals surface area contributed by atoms with Gasteiger partial charge in [-0.1, -0.05) is 24.6 Å². The highest BCUT2D eigenvalue weighted by Gasteiger charge is 2.24. The molecule has 2 N–H and O–H groups in total. The topological polar surface area (TPSA) is 67.2 Å². The molecule has 5 nitrogen and oxygen atoms in total. The summed E-state index contributed by atoms with van der Waals surface area (Å²) in [5, 5.41) is 16.8. The average molecular weight is 273 g/mol. The highest BCUT2D eigenvalue weighted by molar-refractivity contribution is 5.79. The first-order valence-electron chi connectivity index (χ1n) is 6.59. The third-order valence-electron chi connectivity index (χ3n) is 3.19. The molecule has 0 spiro atoms. The van der Waals surface area contributed by atoms with Crippen LogP contribution in [0.25, 0.3) is 0 Å². The Kier molecular flexibility index (Phi) is 4.08. The minimum Gasteiger partial charge on any atom is -0.479 e. The number of nitrogens with one attached hydrogen (secondary N) is 1. The van der Waals surface area contributed by atoms with E-state index in [0.717, 1.165) is 16.9 Å². The Hall–Kier alpha value is -2.30. The summed E-state index contributed by atoms with van der Waals surface area (Å²) in [6, 6.07) is 6.87. The molecule has 106 valence electrons. The highest BCUT2D eigenvalue weighted by atomic mass is 16.4. The fourth-order valence-electron chi connectivity index (χ4n) is 2.16. The first-order valence-corrected chi connectivity index (χ1v) is 6.59. The number of anilines is 1. The Balaban J connectivity index is 2.31. The molecule has 0 radical (unpaired) electrons. The van der Waals surface area contributed by atoms with E-state index in [4.69, 9.17) is 0 Å². The van der Waals surface area contributed by atoms with Crippen molar-refractivity contribution in [2.75, 3.05) is 5.32 Å². The molecule has 1 aromatic carbocycles. The molecule has 0 bridgehead atoms. The van der Waals surface area contributed by atoms with E-state index in [-0.39, 0.29) is 0 Å². The maximum absolute atomic E-state index is 11.5. The molecule has 2 aromatic rings. The fourth-order valence-corrected chi connectivity index (χ4v) is 2.16. The molecule has 1 unspecified atom stereocenters. The summed E-state index contributed by atoms with van der Waals surface area (Å²) >= 11 is 0. The maximum atomic E-state index is 11.5. The second-order valence-corrected chi connectivity index (χ2v) is 4.84. The van der Waals surface area contributed by atoms with Gasteiger partial charge in [0.05, 0.1) is 5.69 Å². The summed E-state index contributed by atoms with van der Waals surface area (Å²) in [6.45, 7) is 3.96. The van der Waals surface area contributed by atoms with E-state index >= 15 is 0 Å². The van der Waals surface area contributed by atoms with Gasteiger partial charge in [0.1, 0.15) is 0 Å². The number of rotatable bonds is 5. The smallest absolute Gasteiger partial charge is 0.330 e. The SMILES string of the molecule is CCc1nn(C)cc1C(Nc1ccc(C)cc1)C(=O)O. The summed E-state index contributed by atoms with van der Waals surface area (Å²) in [7, 11) is 1.80. The Labute approximate surface area is 118 Å². The Morgan fingerprint density at radius 2 is 2.05 bits per heavy atom. The van der Waals surface area contributed by atoms with Gasteiger partial charge in [0, 0.05) is 24.5 Å². The molecular weight excluding hydrogens is 254 g/mol. The van der Waals surface area contributed by atoms with Crippen molar-refractivity contribution in [3.63, 3.8) is 0 Å². The number of nitrogens with zero attached hydrogens (tertiary/aromatic N) is 2. The minimum absolute atomic E-state index is 0.704. The van der Waals surface area contributed by atoms with Gasteiger partial charge in [-0.3, -0.25) is 4.68 Å². The first-order chi connectivity index (χ1) is 9.51. The standard InChI is InChI=1S/C15H19N3O2/c1-4-13-12(9-18(3)17-13)14(15(19)20)16-11-7-5-10(2)6-8-11/h5-9,14,16H,4H2,1-3H3,(H,19,20). The van der Waals surface area contributed by atoms with Crippen molar-refractivity contribution in [3.8, 4) is 0 Å². The van der Waals surface area contributed by atoms with Crippen LogP contribution in [-0.4, -0.2) is 20.9 Å². The second-order valence-electron chi connectivity index (χ2n) is 4.84. The third-order valence-corrected chi connectivity index (χ3v) is 3.19. The lowest BCUT2D eigenvalue weighted by Crippen LogP contribution is -2.21. The van der Waals surface area contributed by atoms with Gasteiger partial charge in [0.2, 0.25) is 0 Å². The van der Waals surface area contributed by atoms with Crippen LogP contribution in [0.4, 0.5) is 5.69 Å².